The first-order chi connectivity index (χ1) is 4.47. The van der Waals surface area contributed by atoms with E-state index >= 15 is 0 Å². The predicted molar refractivity (Wildman–Crippen MR) is 37.3 cm³/mol. The van der Waals surface area contributed by atoms with Crippen LogP contribution < -0.4 is 9.88 Å². The first-order valence-corrected chi connectivity index (χ1v) is 3.73. The molecule has 9 heavy (non-hydrogen) atoms. The van der Waals surface area contributed by atoms with Crippen LogP contribution >= 0.6 is 11.5 Å². The highest BCUT2D eigenvalue weighted by molar-refractivity contribution is 7.03. The second-order valence-electron chi connectivity index (χ2n) is 2.01. The average Bonchev–Trinajstić information content (AvgIpc) is 2.33. The van der Waals surface area contributed by atoms with Gasteiger partial charge in [0.15, 0.2) is 0 Å². The molecule has 0 aliphatic heterocycles. The average molecular weight is 138 g/mol. The van der Waals surface area contributed by atoms with Crippen LogP contribution in [0.4, 0.5) is 0 Å². The Kier molecular flexibility index (Phi) is 1.09. The Balaban J connectivity index is 2.89. The third kappa shape index (κ3) is 0.772. The summed E-state index contributed by atoms with van der Waals surface area (Å²) in [6.45, 7) is 0. The lowest BCUT2D eigenvalue weighted by Gasteiger charge is -1.88. The van der Waals surface area contributed by atoms with Gasteiger partial charge in [-0.1, -0.05) is 16.6 Å². The molecule has 0 fully saturated rings. The van der Waals surface area contributed by atoms with Crippen LogP contribution in [0, 0.1) is 0 Å². The van der Waals surface area contributed by atoms with Crippen LogP contribution in [0.25, 0.3) is 12.2 Å². The van der Waals surface area contributed by atoms with E-state index < -0.39 is 0 Å². The molecule has 46 valence electrons. The predicted octanol–water partition coefficient (Wildman–Crippen LogP) is -0.107. The molecule has 0 radical (unpaired) electrons. The Hall–Kier alpha value is -0.700. The van der Waals surface area contributed by atoms with Crippen molar-refractivity contribution >= 4 is 23.7 Å². The third-order valence-electron chi connectivity index (χ3n) is 1.37. The molecule has 0 saturated heterocycles. The van der Waals surface area contributed by atoms with Gasteiger partial charge >= 0.3 is 0 Å². The Bertz CT molecular complexity index is 282. The van der Waals surface area contributed by atoms with Gasteiger partial charge in [-0.25, -0.2) is 0 Å². The Morgan fingerprint density at radius 1 is 1.33 bits per heavy atom. The van der Waals surface area contributed by atoms with Gasteiger partial charge in [0.25, 0.3) is 0 Å². The van der Waals surface area contributed by atoms with Gasteiger partial charge in [0, 0.05) is 0 Å². The molecule has 0 spiro atoms. The molecule has 1 aromatic rings. The summed E-state index contributed by atoms with van der Waals surface area (Å²) < 4.78 is 5.07. The number of fused-ring (bicyclic) bond motifs is 1. The highest BCUT2D eigenvalue weighted by Gasteiger charge is 1.93. The zero-order valence-corrected chi connectivity index (χ0v) is 5.69. The number of rotatable bonds is 0. The van der Waals surface area contributed by atoms with Crippen molar-refractivity contribution in [3.05, 3.63) is 9.88 Å². The molecule has 1 aliphatic rings. The molecule has 0 saturated carbocycles. The summed E-state index contributed by atoms with van der Waals surface area (Å²) in [4.78, 5) is 0. The SMILES string of the molecule is C1=c2nnsc2=CCC1. The highest BCUT2D eigenvalue weighted by Crippen LogP contribution is 1.93. The van der Waals surface area contributed by atoms with Crippen molar-refractivity contribution < 1.29 is 0 Å². The van der Waals surface area contributed by atoms with Gasteiger partial charge in [0.05, 0.1) is 4.53 Å². The van der Waals surface area contributed by atoms with E-state index in [9.17, 15) is 0 Å². The highest BCUT2D eigenvalue weighted by atomic mass is 32.1. The van der Waals surface area contributed by atoms with E-state index in [-0.39, 0.29) is 0 Å². The normalized spacial score (nSPS) is 15.6. The molecule has 2 nitrogen and oxygen atoms in total. The lowest BCUT2D eigenvalue weighted by Crippen LogP contribution is -2.22. The summed E-state index contributed by atoms with van der Waals surface area (Å²) in [6, 6.07) is 0. The van der Waals surface area contributed by atoms with Gasteiger partial charge in [0.2, 0.25) is 0 Å². The minimum atomic E-state index is 1.08. The Morgan fingerprint density at radius 2 is 2.22 bits per heavy atom. The number of hydrogen-bond acceptors (Lipinski definition) is 3. The van der Waals surface area contributed by atoms with Crippen molar-refractivity contribution in [2.75, 3.05) is 0 Å². The van der Waals surface area contributed by atoms with E-state index in [4.69, 9.17) is 0 Å². The van der Waals surface area contributed by atoms with Crippen LogP contribution in [0.3, 0.4) is 0 Å². The van der Waals surface area contributed by atoms with Gasteiger partial charge in [-0.3, -0.25) is 0 Å². The summed E-state index contributed by atoms with van der Waals surface area (Å²) >= 11 is 1.48. The quantitative estimate of drug-likeness (QED) is 0.500. The van der Waals surface area contributed by atoms with E-state index in [1.54, 1.807) is 0 Å². The molecule has 0 bridgehead atoms. The van der Waals surface area contributed by atoms with Gasteiger partial charge in [-0.05, 0) is 24.4 Å². The van der Waals surface area contributed by atoms with Crippen LogP contribution in [0.1, 0.15) is 12.8 Å². The third-order valence-corrected chi connectivity index (χ3v) is 2.11. The molecule has 0 amide bonds. The van der Waals surface area contributed by atoms with Gasteiger partial charge in [-0.2, -0.15) is 0 Å². The maximum Gasteiger partial charge on any atom is 0.101 e. The van der Waals surface area contributed by atoms with Crippen LogP contribution in [0.15, 0.2) is 0 Å². The molecule has 3 heteroatoms. The summed E-state index contributed by atoms with van der Waals surface area (Å²) in [6.07, 6.45) is 6.61. The van der Waals surface area contributed by atoms with Crippen LogP contribution in [0.2, 0.25) is 0 Å². The molecule has 0 unspecified atom stereocenters. The minimum absolute atomic E-state index is 1.08. The zero-order valence-electron chi connectivity index (χ0n) is 4.87. The molecule has 1 aliphatic carbocycles. The number of hydrogen-bond donors (Lipinski definition) is 0. The first kappa shape index (κ1) is 5.11. The molecule has 2 rings (SSSR count). The lowest BCUT2D eigenvalue weighted by atomic mass is 10.2. The van der Waals surface area contributed by atoms with Crippen molar-refractivity contribution in [3.63, 3.8) is 0 Å². The zero-order chi connectivity index (χ0) is 6.10. The minimum Gasteiger partial charge on any atom is -0.138 e. The molecule has 0 aromatic carbocycles. The van der Waals surface area contributed by atoms with E-state index in [1.165, 1.54) is 16.1 Å². The fourth-order valence-corrected chi connectivity index (χ4v) is 1.55. The number of aromatic nitrogens is 2. The van der Waals surface area contributed by atoms with Crippen molar-refractivity contribution in [1.82, 2.24) is 9.59 Å². The van der Waals surface area contributed by atoms with Crippen molar-refractivity contribution in [2.45, 2.75) is 12.8 Å². The molecule has 0 N–H and O–H groups in total. The molecular formula is C6H6N2S. The molecule has 0 atom stereocenters. The van der Waals surface area contributed by atoms with Crippen LogP contribution in [0.5, 0.6) is 0 Å². The van der Waals surface area contributed by atoms with Crippen LogP contribution in [-0.4, -0.2) is 9.59 Å². The maximum absolute atomic E-state index is 3.94. The topological polar surface area (TPSA) is 25.8 Å². The van der Waals surface area contributed by atoms with E-state index in [0.29, 0.717) is 0 Å². The second kappa shape index (κ2) is 1.92. The smallest absolute Gasteiger partial charge is 0.101 e. The summed E-state index contributed by atoms with van der Waals surface area (Å²) in [5, 5.41) is 5.01. The van der Waals surface area contributed by atoms with Crippen molar-refractivity contribution in [1.29, 1.82) is 0 Å². The number of nitrogens with zero attached hydrogens (tertiary/aromatic N) is 2. The maximum atomic E-state index is 3.94. The summed E-state index contributed by atoms with van der Waals surface area (Å²) in [7, 11) is 0. The van der Waals surface area contributed by atoms with E-state index in [2.05, 4.69) is 21.7 Å². The standard InChI is InChI=1S/C6H6N2S/c1-2-4-6-5(3-1)7-8-9-6/h3-4H,1-2H2. The molecular weight excluding hydrogens is 132 g/mol. The van der Waals surface area contributed by atoms with E-state index in [1.807, 2.05) is 0 Å². The van der Waals surface area contributed by atoms with E-state index in [0.717, 1.165) is 18.2 Å². The Morgan fingerprint density at radius 3 is 3.11 bits per heavy atom. The summed E-state index contributed by atoms with van der Waals surface area (Å²) in [5.41, 5.74) is 0. The fourth-order valence-electron chi connectivity index (χ4n) is 0.922. The van der Waals surface area contributed by atoms with Crippen molar-refractivity contribution in [3.8, 4) is 0 Å². The first-order valence-electron chi connectivity index (χ1n) is 2.95. The summed E-state index contributed by atoms with van der Waals surface area (Å²) in [5.74, 6) is 0. The van der Waals surface area contributed by atoms with Crippen molar-refractivity contribution in [2.24, 2.45) is 0 Å². The molecule has 1 aromatic heterocycles. The van der Waals surface area contributed by atoms with Gasteiger partial charge in [-0.15, -0.1) is 5.10 Å². The van der Waals surface area contributed by atoms with Crippen LogP contribution in [-0.2, 0) is 0 Å². The lowest BCUT2D eigenvalue weighted by molar-refractivity contribution is 1.05. The second-order valence-corrected chi connectivity index (χ2v) is 2.79. The largest absolute Gasteiger partial charge is 0.138 e. The van der Waals surface area contributed by atoms with Gasteiger partial charge in [0.1, 0.15) is 5.35 Å². The van der Waals surface area contributed by atoms with Gasteiger partial charge < -0.3 is 0 Å². The molecule has 1 heterocycles. The monoisotopic (exact) mass is 138 g/mol. The Labute approximate surface area is 56.7 Å². The fraction of sp³-hybridized carbons (Fsp3) is 0.333.